The molecule has 0 saturated heterocycles. The van der Waals surface area contributed by atoms with E-state index in [1.807, 2.05) is 0 Å². The minimum Gasteiger partial charge on any atom is -0.306 e. The molecular weight excluding hydrogens is 367 g/mol. The Morgan fingerprint density at radius 3 is 2.72 bits per heavy atom. The van der Waals surface area contributed by atoms with Crippen LogP contribution in [-0.4, -0.2) is 10.9 Å². The molecule has 1 aromatic carbocycles. The van der Waals surface area contributed by atoms with E-state index in [0.717, 1.165) is 0 Å². The van der Waals surface area contributed by atoms with Gasteiger partial charge >= 0.3 is 0 Å². The molecule has 0 aliphatic heterocycles. The average Bonchev–Trinajstić information content (AvgIpc) is 2.32. The first-order valence-corrected chi connectivity index (χ1v) is 6.54. The van der Waals surface area contributed by atoms with Crippen molar-refractivity contribution in [1.82, 2.24) is 4.98 Å². The molecule has 18 heavy (non-hydrogen) atoms. The Hall–Kier alpha value is -1.27. The van der Waals surface area contributed by atoms with Crippen molar-refractivity contribution >= 4 is 43.6 Å². The average molecular weight is 374 g/mol. The van der Waals surface area contributed by atoms with Gasteiger partial charge in [0.2, 0.25) is 0 Å². The van der Waals surface area contributed by atoms with Crippen molar-refractivity contribution < 1.29 is 9.18 Å². The highest BCUT2D eigenvalue weighted by atomic mass is 79.9. The lowest BCUT2D eigenvalue weighted by atomic mass is 10.2. The minimum absolute atomic E-state index is 0.0360. The molecule has 0 spiro atoms. The summed E-state index contributed by atoms with van der Waals surface area (Å²) in [7, 11) is 0. The van der Waals surface area contributed by atoms with Gasteiger partial charge in [-0.3, -0.25) is 4.79 Å². The van der Waals surface area contributed by atoms with Gasteiger partial charge < -0.3 is 5.32 Å². The van der Waals surface area contributed by atoms with Gasteiger partial charge in [-0.25, -0.2) is 9.37 Å². The molecule has 0 fully saturated rings. The normalized spacial score (nSPS) is 10.2. The summed E-state index contributed by atoms with van der Waals surface area (Å²) in [6, 6.07) is 9.26. The van der Waals surface area contributed by atoms with Gasteiger partial charge in [0.25, 0.3) is 5.91 Å². The molecule has 1 N–H and O–H groups in total. The molecule has 0 bridgehead atoms. The van der Waals surface area contributed by atoms with E-state index in [1.54, 1.807) is 18.2 Å². The Kier molecular flexibility index (Phi) is 4.08. The minimum atomic E-state index is -0.578. The molecule has 0 radical (unpaired) electrons. The number of nitrogens with one attached hydrogen (secondary N) is 1. The molecule has 0 saturated carbocycles. The Morgan fingerprint density at radius 2 is 2.00 bits per heavy atom. The number of nitrogens with zero attached hydrogens (tertiary/aromatic N) is 1. The number of halogens is 3. The van der Waals surface area contributed by atoms with Crippen molar-refractivity contribution in [3.63, 3.8) is 0 Å². The maximum absolute atomic E-state index is 13.5. The van der Waals surface area contributed by atoms with Crippen LogP contribution in [0.25, 0.3) is 0 Å². The summed E-state index contributed by atoms with van der Waals surface area (Å²) in [5.41, 5.74) is -0.0360. The molecule has 0 aliphatic rings. The van der Waals surface area contributed by atoms with E-state index in [-0.39, 0.29) is 5.56 Å². The van der Waals surface area contributed by atoms with Crippen LogP contribution >= 0.6 is 31.9 Å². The van der Waals surface area contributed by atoms with Gasteiger partial charge in [-0.2, -0.15) is 0 Å². The lowest BCUT2D eigenvalue weighted by Gasteiger charge is -2.06. The smallest absolute Gasteiger partial charge is 0.259 e. The molecular formula is C12H7Br2FN2O. The Balaban J connectivity index is 2.24. The first-order chi connectivity index (χ1) is 8.56. The maximum Gasteiger partial charge on any atom is 0.259 e. The largest absolute Gasteiger partial charge is 0.306 e. The zero-order valence-electron chi connectivity index (χ0n) is 8.95. The lowest BCUT2D eigenvalue weighted by molar-refractivity contribution is 0.102. The van der Waals surface area contributed by atoms with Crippen molar-refractivity contribution in [2.45, 2.75) is 0 Å². The predicted molar refractivity (Wildman–Crippen MR) is 74.0 cm³/mol. The highest BCUT2D eigenvalue weighted by Crippen LogP contribution is 2.17. The van der Waals surface area contributed by atoms with E-state index in [0.29, 0.717) is 14.9 Å². The quantitative estimate of drug-likeness (QED) is 0.808. The Morgan fingerprint density at radius 1 is 1.22 bits per heavy atom. The molecule has 0 atom stereocenters. The van der Waals surface area contributed by atoms with Crippen LogP contribution in [0.5, 0.6) is 0 Å². The van der Waals surface area contributed by atoms with Crippen molar-refractivity contribution in [3.8, 4) is 0 Å². The molecule has 0 aliphatic carbocycles. The summed E-state index contributed by atoms with van der Waals surface area (Å²) < 4.78 is 14.7. The van der Waals surface area contributed by atoms with E-state index in [2.05, 4.69) is 42.2 Å². The molecule has 1 aromatic heterocycles. The van der Waals surface area contributed by atoms with Crippen molar-refractivity contribution in [1.29, 1.82) is 0 Å². The zero-order chi connectivity index (χ0) is 13.1. The van der Waals surface area contributed by atoms with Gasteiger partial charge in [-0.05, 0) is 46.3 Å². The zero-order valence-corrected chi connectivity index (χ0v) is 12.1. The van der Waals surface area contributed by atoms with Crippen molar-refractivity contribution in [3.05, 3.63) is 56.9 Å². The van der Waals surface area contributed by atoms with E-state index in [9.17, 15) is 9.18 Å². The third-order valence-electron chi connectivity index (χ3n) is 2.13. The summed E-state index contributed by atoms with van der Waals surface area (Å²) in [6.07, 6.45) is 0. The third-order valence-corrected chi connectivity index (χ3v) is 3.06. The second-order valence-electron chi connectivity index (χ2n) is 3.42. The van der Waals surface area contributed by atoms with Crippen molar-refractivity contribution in [2.75, 3.05) is 5.32 Å². The second kappa shape index (κ2) is 5.58. The standard InChI is InChI=1S/C12H7Br2FN2O/c13-7-4-5-9(15)8(6-7)12(18)17-11-3-1-2-10(14)16-11/h1-6H,(H,16,17,18). The van der Waals surface area contributed by atoms with Gasteiger partial charge in [0.05, 0.1) is 5.56 Å². The first-order valence-electron chi connectivity index (χ1n) is 4.95. The number of hydrogen-bond donors (Lipinski definition) is 1. The van der Waals surface area contributed by atoms with Crippen LogP contribution < -0.4 is 5.32 Å². The fourth-order valence-corrected chi connectivity index (χ4v) is 2.04. The highest BCUT2D eigenvalue weighted by Gasteiger charge is 2.12. The van der Waals surface area contributed by atoms with E-state index in [4.69, 9.17) is 0 Å². The maximum atomic E-state index is 13.5. The summed E-state index contributed by atoms with van der Waals surface area (Å²) in [4.78, 5) is 15.9. The number of aromatic nitrogens is 1. The van der Waals surface area contributed by atoms with E-state index >= 15 is 0 Å². The SMILES string of the molecule is O=C(Nc1cccc(Br)n1)c1cc(Br)ccc1F. The molecule has 2 aromatic rings. The molecule has 2 rings (SSSR count). The molecule has 1 amide bonds. The number of rotatable bonds is 2. The van der Waals surface area contributed by atoms with Crippen LogP contribution in [0.3, 0.4) is 0 Å². The van der Waals surface area contributed by atoms with E-state index in [1.165, 1.54) is 18.2 Å². The molecule has 3 nitrogen and oxygen atoms in total. The van der Waals surface area contributed by atoms with Crippen LogP contribution in [0.1, 0.15) is 10.4 Å². The van der Waals surface area contributed by atoms with Crippen LogP contribution in [0.4, 0.5) is 10.2 Å². The van der Waals surface area contributed by atoms with Crippen LogP contribution in [0.15, 0.2) is 45.5 Å². The number of anilines is 1. The number of carbonyl (C=O) groups excluding carboxylic acids is 1. The molecule has 92 valence electrons. The number of benzene rings is 1. The number of hydrogen-bond acceptors (Lipinski definition) is 2. The molecule has 0 unspecified atom stereocenters. The van der Waals surface area contributed by atoms with E-state index < -0.39 is 11.7 Å². The van der Waals surface area contributed by atoms with Gasteiger partial charge in [0.15, 0.2) is 0 Å². The monoisotopic (exact) mass is 372 g/mol. The van der Waals surface area contributed by atoms with Gasteiger partial charge in [-0.1, -0.05) is 22.0 Å². The summed E-state index contributed by atoms with van der Waals surface area (Å²) >= 11 is 6.38. The van der Waals surface area contributed by atoms with Gasteiger partial charge in [-0.15, -0.1) is 0 Å². The summed E-state index contributed by atoms with van der Waals surface area (Å²) in [5.74, 6) is -0.765. The van der Waals surface area contributed by atoms with Crippen LogP contribution in [0, 0.1) is 5.82 Å². The lowest BCUT2D eigenvalue weighted by Crippen LogP contribution is -2.14. The Labute approximate surface area is 120 Å². The molecule has 6 heteroatoms. The van der Waals surface area contributed by atoms with Crippen molar-refractivity contribution in [2.24, 2.45) is 0 Å². The fourth-order valence-electron chi connectivity index (χ4n) is 1.33. The van der Waals surface area contributed by atoms with Gasteiger partial charge in [0, 0.05) is 4.47 Å². The third kappa shape index (κ3) is 3.14. The highest BCUT2D eigenvalue weighted by molar-refractivity contribution is 9.10. The van der Waals surface area contributed by atoms with Crippen LogP contribution in [0.2, 0.25) is 0 Å². The van der Waals surface area contributed by atoms with Gasteiger partial charge in [0.1, 0.15) is 16.2 Å². The number of amides is 1. The first kappa shape index (κ1) is 13.2. The van der Waals surface area contributed by atoms with Crippen LogP contribution in [-0.2, 0) is 0 Å². The topological polar surface area (TPSA) is 42.0 Å². The second-order valence-corrected chi connectivity index (χ2v) is 5.15. The number of carbonyl (C=O) groups is 1. The number of pyridine rings is 1. The predicted octanol–water partition coefficient (Wildman–Crippen LogP) is 4.00. The Bertz CT molecular complexity index is 604. The fraction of sp³-hybridized carbons (Fsp3) is 0. The summed E-state index contributed by atoms with van der Waals surface area (Å²) in [6.45, 7) is 0. The summed E-state index contributed by atoms with van der Waals surface area (Å²) in [5, 5.41) is 2.53. The molecule has 1 heterocycles.